The van der Waals surface area contributed by atoms with Gasteiger partial charge in [0, 0.05) is 5.69 Å². The van der Waals surface area contributed by atoms with Gasteiger partial charge >= 0.3 is 6.18 Å². The van der Waals surface area contributed by atoms with Crippen LogP contribution in [0, 0.1) is 6.92 Å². The molecule has 3 aromatic carbocycles. The largest absolute Gasteiger partial charge is 0.417 e. The second kappa shape index (κ2) is 8.84. The summed E-state index contributed by atoms with van der Waals surface area (Å²) in [4.78, 5) is 0. The lowest BCUT2D eigenvalue weighted by molar-refractivity contribution is -0.137. The van der Waals surface area contributed by atoms with E-state index in [0.717, 1.165) is 22.8 Å². The zero-order valence-corrected chi connectivity index (χ0v) is 17.0. The molecule has 0 saturated heterocycles. The Bertz CT molecular complexity index is 989. The first-order valence-corrected chi connectivity index (χ1v) is 9.58. The van der Waals surface area contributed by atoms with Gasteiger partial charge in [0.2, 0.25) is 0 Å². The summed E-state index contributed by atoms with van der Waals surface area (Å²) in [5.74, 6) is 0. The number of hydrogen-bond acceptors (Lipinski definition) is 1. The van der Waals surface area contributed by atoms with Crippen LogP contribution in [0.4, 0.5) is 18.9 Å². The molecule has 2 nitrogen and oxygen atoms in total. The molecule has 2 N–H and O–H groups in total. The van der Waals surface area contributed by atoms with Crippen molar-refractivity contribution in [2.75, 3.05) is 5.32 Å². The normalized spacial score (nSPS) is 12.3. The van der Waals surface area contributed by atoms with Gasteiger partial charge in [0.15, 0.2) is 5.11 Å². The Balaban J connectivity index is 1.83. The second-order valence-corrected chi connectivity index (χ2v) is 7.36. The van der Waals surface area contributed by atoms with Crippen LogP contribution in [0.3, 0.4) is 0 Å². The highest BCUT2D eigenvalue weighted by Crippen LogP contribution is 2.36. The van der Waals surface area contributed by atoms with Crippen LogP contribution in [0.5, 0.6) is 0 Å². The maximum atomic E-state index is 13.1. The molecule has 0 aliphatic carbocycles. The van der Waals surface area contributed by atoms with Gasteiger partial charge in [-0.15, -0.1) is 0 Å². The molecule has 0 spiro atoms. The Morgan fingerprint density at radius 3 is 2.17 bits per heavy atom. The first-order valence-electron chi connectivity index (χ1n) is 8.80. The third-order valence-electron chi connectivity index (χ3n) is 4.35. The minimum absolute atomic E-state index is 0.204. The first kappa shape index (κ1) is 21.1. The molecule has 1 unspecified atom stereocenters. The van der Waals surface area contributed by atoms with Crippen molar-refractivity contribution in [1.29, 1.82) is 0 Å². The van der Waals surface area contributed by atoms with E-state index in [1.807, 2.05) is 61.5 Å². The molecule has 3 rings (SSSR count). The van der Waals surface area contributed by atoms with Crippen LogP contribution in [0.25, 0.3) is 0 Å². The zero-order chi connectivity index (χ0) is 21.0. The number of hydrogen-bond donors (Lipinski definition) is 2. The smallest absolute Gasteiger partial charge is 0.352 e. The maximum absolute atomic E-state index is 13.1. The van der Waals surface area contributed by atoms with E-state index in [0.29, 0.717) is 0 Å². The number of benzene rings is 3. The zero-order valence-electron chi connectivity index (χ0n) is 15.4. The molecule has 1 atom stereocenters. The molecule has 0 aliphatic heterocycles. The van der Waals surface area contributed by atoms with Gasteiger partial charge < -0.3 is 10.6 Å². The van der Waals surface area contributed by atoms with Gasteiger partial charge in [-0.05, 0) is 48.5 Å². The highest BCUT2D eigenvalue weighted by atomic mass is 35.5. The second-order valence-electron chi connectivity index (χ2n) is 6.55. The fraction of sp³-hybridized carbons (Fsp3) is 0.136. The summed E-state index contributed by atoms with van der Waals surface area (Å²) in [5, 5.41) is 5.87. The van der Waals surface area contributed by atoms with Crippen LogP contribution in [0.1, 0.15) is 28.3 Å². The third kappa shape index (κ3) is 5.49. The van der Waals surface area contributed by atoms with Crippen molar-refractivity contribution in [3.05, 3.63) is 100 Å². The van der Waals surface area contributed by atoms with Gasteiger partial charge in [0.25, 0.3) is 0 Å². The topological polar surface area (TPSA) is 24.1 Å². The van der Waals surface area contributed by atoms with E-state index in [9.17, 15) is 13.2 Å². The molecule has 29 heavy (non-hydrogen) atoms. The average molecular weight is 435 g/mol. The van der Waals surface area contributed by atoms with Crippen molar-refractivity contribution in [1.82, 2.24) is 5.32 Å². The first-order chi connectivity index (χ1) is 13.7. The monoisotopic (exact) mass is 434 g/mol. The number of thiocarbonyl (C=S) groups is 1. The van der Waals surface area contributed by atoms with Crippen LogP contribution in [-0.2, 0) is 6.18 Å². The van der Waals surface area contributed by atoms with Gasteiger partial charge in [0.1, 0.15) is 0 Å². The summed E-state index contributed by atoms with van der Waals surface area (Å²) >= 11 is 11.0. The molecule has 7 heteroatoms. The lowest BCUT2D eigenvalue weighted by atomic mass is 9.98. The summed E-state index contributed by atoms with van der Waals surface area (Å²) in [6.07, 6.45) is -4.54. The minimum Gasteiger partial charge on any atom is -0.352 e. The molecule has 0 fully saturated rings. The average Bonchev–Trinajstić information content (AvgIpc) is 2.68. The Hall–Kier alpha value is -2.57. The molecule has 0 aromatic heterocycles. The van der Waals surface area contributed by atoms with Crippen LogP contribution in [0.15, 0.2) is 72.8 Å². The number of aryl methyl sites for hydroxylation is 1. The van der Waals surface area contributed by atoms with Gasteiger partial charge in [-0.2, -0.15) is 13.2 Å². The molecular formula is C22H18ClF3N2S. The Morgan fingerprint density at radius 1 is 0.931 bits per heavy atom. The van der Waals surface area contributed by atoms with E-state index in [1.54, 1.807) is 0 Å². The summed E-state index contributed by atoms with van der Waals surface area (Å²) in [6, 6.07) is 21.0. The molecular weight excluding hydrogens is 417 g/mol. The van der Waals surface area contributed by atoms with E-state index >= 15 is 0 Å². The quantitative estimate of drug-likeness (QED) is 0.444. The predicted octanol–water partition coefficient (Wildman–Crippen LogP) is 6.74. The molecule has 0 heterocycles. The molecule has 0 bridgehead atoms. The Kier molecular flexibility index (Phi) is 6.45. The fourth-order valence-corrected chi connectivity index (χ4v) is 3.34. The van der Waals surface area contributed by atoms with E-state index in [-0.39, 0.29) is 21.9 Å². The minimum atomic E-state index is -4.54. The molecule has 0 aliphatic rings. The lowest BCUT2D eigenvalue weighted by Crippen LogP contribution is -2.33. The molecule has 0 amide bonds. The number of nitrogens with one attached hydrogen (secondary N) is 2. The Morgan fingerprint density at radius 2 is 1.55 bits per heavy atom. The highest BCUT2D eigenvalue weighted by molar-refractivity contribution is 7.80. The van der Waals surface area contributed by atoms with Gasteiger partial charge in [0.05, 0.1) is 16.6 Å². The summed E-state index contributed by atoms with van der Waals surface area (Å²) < 4.78 is 39.3. The van der Waals surface area contributed by atoms with Crippen molar-refractivity contribution in [2.45, 2.75) is 19.1 Å². The van der Waals surface area contributed by atoms with Gasteiger partial charge in [-0.3, -0.25) is 0 Å². The number of halogens is 4. The van der Waals surface area contributed by atoms with Crippen molar-refractivity contribution < 1.29 is 13.2 Å². The summed E-state index contributed by atoms with van der Waals surface area (Å²) in [5.41, 5.74) is 2.38. The van der Waals surface area contributed by atoms with E-state index in [4.69, 9.17) is 23.8 Å². The van der Waals surface area contributed by atoms with Crippen LogP contribution < -0.4 is 10.6 Å². The van der Waals surface area contributed by atoms with Crippen molar-refractivity contribution in [3.63, 3.8) is 0 Å². The van der Waals surface area contributed by atoms with E-state index < -0.39 is 11.7 Å². The fourth-order valence-electron chi connectivity index (χ4n) is 2.88. The standard InChI is InChI=1S/C22H18ClF3N2S/c1-14-7-9-16(10-8-14)20(15-5-3-2-4-6-15)28-21(29)27-17-11-12-19(23)18(13-17)22(24,25)26/h2-13,20H,1H3,(H2,27,28,29). The number of alkyl halides is 3. The van der Waals surface area contributed by atoms with Gasteiger partial charge in [-0.1, -0.05) is 71.8 Å². The number of rotatable bonds is 4. The van der Waals surface area contributed by atoms with Crippen LogP contribution in [-0.4, -0.2) is 5.11 Å². The van der Waals surface area contributed by atoms with Crippen molar-refractivity contribution in [3.8, 4) is 0 Å². The van der Waals surface area contributed by atoms with E-state index in [2.05, 4.69) is 10.6 Å². The van der Waals surface area contributed by atoms with E-state index in [1.165, 1.54) is 12.1 Å². The maximum Gasteiger partial charge on any atom is 0.417 e. The lowest BCUT2D eigenvalue weighted by Gasteiger charge is -2.22. The predicted molar refractivity (Wildman–Crippen MR) is 115 cm³/mol. The molecule has 3 aromatic rings. The third-order valence-corrected chi connectivity index (χ3v) is 4.90. The molecule has 150 valence electrons. The number of anilines is 1. The molecule has 0 saturated carbocycles. The summed E-state index contributed by atoms with van der Waals surface area (Å²) in [6.45, 7) is 2.00. The highest BCUT2D eigenvalue weighted by Gasteiger charge is 2.33. The van der Waals surface area contributed by atoms with Crippen LogP contribution in [0.2, 0.25) is 5.02 Å². The van der Waals surface area contributed by atoms with Gasteiger partial charge in [-0.25, -0.2) is 0 Å². The van der Waals surface area contributed by atoms with Crippen LogP contribution >= 0.6 is 23.8 Å². The molecule has 0 radical (unpaired) electrons. The summed E-state index contributed by atoms with van der Waals surface area (Å²) in [7, 11) is 0. The SMILES string of the molecule is Cc1ccc(C(NC(=S)Nc2ccc(Cl)c(C(F)(F)F)c2)c2ccccc2)cc1. The van der Waals surface area contributed by atoms with Crippen molar-refractivity contribution in [2.24, 2.45) is 0 Å². The Labute approximate surface area is 177 Å². The van der Waals surface area contributed by atoms with Crippen molar-refractivity contribution >= 4 is 34.6 Å².